The molecule has 0 aliphatic rings. The van der Waals surface area contributed by atoms with Crippen molar-refractivity contribution in [3.05, 3.63) is 142 Å². The number of benzene rings is 2. The normalized spacial score (nSPS) is 12.9. The van der Waals surface area contributed by atoms with Crippen molar-refractivity contribution in [1.82, 2.24) is 49.5 Å². The monoisotopic (exact) mass is 860 g/mol. The minimum Gasteiger partial charge on any atom is -0.382 e. The maximum Gasteiger partial charge on any atom is 0.187 e. The number of carbonyl (C=O) groups is 1. The number of carbonyl (C=O) groups excluding carboxylic acids is 1. The van der Waals surface area contributed by atoms with Crippen molar-refractivity contribution in [2.24, 2.45) is 0 Å². The fourth-order valence-corrected chi connectivity index (χ4v) is 5.25. The molecule has 0 radical (unpaired) electrons. The molecule has 21 heteroatoms. The minimum atomic E-state index is -2.02. The van der Waals surface area contributed by atoms with Crippen LogP contribution in [0.15, 0.2) is 74.4 Å². The summed E-state index contributed by atoms with van der Waals surface area (Å²) in [7, 11) is 0. The molecular weight excluding hydrogens is 833 g/mol. The number of halogens is 9. The second kappa shape index (κ2) is 19.5. The molecule has 0 bridgehead atoms. The van der Waals surface area contributed by atoms with Crippen LogP contribution < -0.4 is 0 Å². The summed E-state index contributed by atoms with van der Waals surface area (Å²) in [6.07, 6.45) is 7.43. The van der Waals surface area contributed by atoms with Crippen molar-refractivity contribution < 1.29 is 36.2 Å². The van der Waals surface area contributed by atoms with E-state index in [4.69, 9.17) is 23.2 Å². The number of hydrogen-bond donors (Lipinski definition) is 1. The van der Waals surface area contributed by atoms with E-state index >= 15 is 0 Å². The molecule has 1 N–H and O–H groups in total. The lowest BCUT2D eigenvalue weighted by Gasteiger charge is -2.34. The van der Waals surface area contributed by atoms with Crippen LogP contribution in [0.3, 0.4) is 0 Å². The fraction of sp³-hybridized carbons (Fsp3) is 0.242. The predicted octanol–water partition coefficient (Wildman–Crippen LogP) is 7.63. The Hall–Kier alpha value is -4.85. The van der Waals surface area contributed by atoms with Crippen LogP contribution in [0.1, 0.15) is 59.3 Å². The predicted molar refractivity (Wildman–Crippen MR) is 187 cm³/mol. The third-order valence-electron chi connectivity index (χ3n) is 7.32. The first kappa shape index (κ1) is 43.6. The van der Waals surface area contributed by atoms with Gasteiger partial charge in [-0.25, -0.2) is 65.6 Å². The van der Waals surface area contributed by atoms with Gasteiger partial charge in [-0.15, -0.1) is 0 Å². The molecule has 0 amide bonds. The largest absolute Gasteiger partial charge is 0.382 e. The molecule has 0 fully saturated rings. The molecular formula is C33H29BrCl2F6N10O2. The van der Waals surface area contributed by atoms with Gasteiger partial charge in [0.25, 0.3) is 0 Å². The van der Waals surface area contributed by atoms with Crippen LogP contribution in [-0.4, -0.2) is 60.4 Å². The van der Waals surface area contributed by atoms with Crippen molar-refractivity contribution in [2.45, 2.75) is 50.7 Å². The summed E-state index contributed by atoms with van der Waals surface area (Å²) in [5.41, 5.74) is -2.35. The van der Waals surface area contributed by atoms with Gasteiger partial charge in [0.15, 0.2) is 27.7 Å². The van der Waals surface area contributed by atoms with Crippen molar-refractivity contribution in [2.75, 3.05) is 0 Å². The summed E-state index contributed by atoms with van der Waals surface area (Å²) in [6, 6.07) is 5.56. The van der Waals surface area contributed by atoms with E-state index in [-0.39, 0.29) is 53.0 Å². The Morgan fingerprint density at radius 2 is 1.30 bits per heavy atom. The van der Waals surface area contributed by atoms with Crippen LogP contribution in [0.25, 0.3) is 0 Å². The molecule has 0 aliphatic carbocycles. The highest BCUT2D eigenvalue weighted by Crippen LogP contribution is 2.40. The molecule has 0 spiro atoms. The Morgan fingerprint density at radius 3 is 1.80 bits per heavy atom. The maximum absolute atomic E-state index is 14.4. The smallest absolute Gasteiger partial charge is 0.187 e. The first-order valence-electron chi connectivity index (χ1n) is 14.9. The third-order valence-corrected chi connectivity index (χ3v) is 8.28. The van der Waals surface area contributed by atoms with Gasteiger partial charge in [0.2, 0.25) is 0 Å². The molecule has 12 nitrogen and oxygen atoms in total. The van der Waals surface area contributed by atoms with Gasteiger partial charge in [-0.05, 0) is 25.1 Å². The van der Waals surface area contributed by atoms with Crippen LogP contribution in [0.2, 0.25) is 10.3 Å². The number of aliphatic hydroxyl groups is 1. The van der Waals surface area contributed by atoms with Crippen molar-refractivity contribution in [3.8, 4) is 0 Å². The average Bonchev–Trinajstić information content (AvgIpc) is 3.82. The molecule has 0 saturated carbocycles. The van der Waals surface area contributed by atoms with E-state index in [0.717, 1.165) is 30.6 Å². The lowest BCUT2D eigenvalue weighted by molar-refractivity contribution is -0.0133. The number of alkyl halides is 1. The molecule has 6 aromatic rings. The zero-order valence-electron chi connectivity index (χ0n) is 27.2. The number of hydrogen-bond acceptors (Lipinski definition) is 10. The van der Waals surface area contributed by atoms with Crippen molar-refractivity contribution in [1.29, 1.82) is 0 Å². The molecule has 54 heavy (non-hydrogen) atoms. The number of nitrogens with zero attached hydrogens (tertiary/aromatic N) is 10. The summed E-state index contributed by atoms with van der Waals surface area (Å²) >= 11 is 14.3. The molecule has 4 heterocycles. The molecule has 3 atom stereocenters. The molecule has 2 aromatic carbocycles. The van der Waals surface area contributed by atoms with Crippen molar-refractivity contribution in [3.63, 3.8) is 0 Å². The van der Waals surface area contributed by atoms with Gasteiger partial charge in [-0.1, -0.05) is 59.5 Å². The van der Waals surface area contributed by atoms with Crippen LogP contribution in [0, 0.1) is 34.9 Å². The molecule has 0 saturated heterocycles. The van der Waals surface area contributed by atoms with E-state index in [1.54, 1.807) is 6.92 Å². The highest BCUT2D eigenvalue weighted by Gasteiger charge is 2.42. The summed E-state index contributed by atoms with van der Waals surface area (Å²) < 4.78 is 83.4. The van der Waals surface area contributed by atoms with Gasteiger partial charge < -0.3 is 5.11 Å². The standard InChI is InChI=1S/C16H13ClF3N5O.C10H7F2N3O.C6H5BrClFN2.CH4/c1-9(14-13(20)15(17)23-7-22-14)16(26,5-25-8-21-6-24-25)11-3-2-10(18)4-12(11)19;11-7-1-2-8(9(12)3-7)10(16)4-15-6-13-5-14-15;1-3(7)5-4(9)6(8)11-2-10-5;/h2-4,6-9,26H,5H2,1H3;1-3,5-6H,4H2;2-3H,1H3;1H4. The lowest BCUT2D eigenvalue weighted by atomic mass is 9.79. The van der Waals surface area contributed by atoms with E-state index in [9.17, 15) is 36.2 Å². The molecule has 0 aliphatic heterocycles. The summed E-state index contributed by atoms with van der Waals surface area (Å²) in [6.45, 7) is 2.81. The van der Waals surface area contributed by atoms with E-state index in [2.05, 4.69) is 56.0 Å². The van der Waals surface area contributed by atoms with Gasteiger partial charge in [0.1, 0.15) is 73.4 Å². The van der Waals surface area contributed by atoms with Crippen LogP contribution in [0.4, 0.5) is 26.3 Å². The van der Waals surface area contributed by atoms with Crippen LogP contribution in [0.5, 0.6) is 0 Å². The fourth-order valence-electron chi connectivity index (χ4n) is 4.65. The third kappa shape index (κ3) is 10.9. The zero-order chi connectivity index (χ0) is 38.9. The maximum atomic E-state index is 14.4. The molecule has 286 valence electrons. The number of rotatable bonds is 9. The number of ketones is 1. The molecule has 3 unspecified atom stereocenters. The Bertz CT molecular complexity index is 2150. The van der Waals surface area contributed by atoms with E-state index < -0.39 is 57.4 Å². The summed E-state index contributed by atoms with van der Waals surface area (Å²) in [4.78, 5) is 33.4. The van der Waals surface area contributed by atoms with Gasteiger partial charge in [-0.3, -0.25) is 4.79 Å². The van der Waals surface area contributed by atoms with Crippen LogP contribution in [-0.2, 0) is 18.7 Å². The molecule has 6 rings (SSSR count). The van der Waals surface area contributed by atoms with Gasteiger partial charge in [0.05, 0.1) is 28.3 Å². The highest BCUT2D eigenvalue weighted by molar-refractivity contribution is 9.09. The van der Waals surface area contributed by atoms with Gasteiger partial charge in [-0.2, -0.15) is 10.2 Å². The quantitative estimate of drug-likeness (QED) is 0.0666. The SMILES string of the molecule is C.CC(Br)c1ncnc(Cl)c1F.CC(c1ncnc(Cl)c1F)C(O)(Cn1cncn1)c1ccc(F)cc1F.O=C(Cn1cncn1)c1ccc(F)cc1F. The lowest BCUT2D eigenvalue weighted by Crippen LogP contribution is -2.39. The Labute approximate surface area is 322 Å². The minimum absolute atomic E-state index is 0. The number of Topliss-reactive ketones (excluding diaryl/α,β-unsaturated/α-hetero) is 1. The molecule has 4 aromatic heterocycles. The first-order valence-corrected chi connectivity index (χ1v) is 16.6. The second-order valence-electron chi connectivity index (χ2n) is 10.8. The Balaban J connectivity index is 0.000000238. The zero-order valence-corrected chi connectivity index (χ0v) is 30.3. The van der Waals surface area contributed by atoms with E-state index in [1.165, 1.54) is 47.9 Å². The van der Waals surface area contributed by atoms with E-state index in [0.29, 0.717) is 12.1 Å². The van der Waals surface area contributed by atoms with Crippen LogP contribution >= 0.6 is 39.1 Å². The van der Waals surface area contributed by atoms with Gasteiger partial charge in [0, 0.05) is 23.6 Å². The van der Waals surface area contributed by atoms with E-state index in [1.807, 2.05) is 0 Å². The second-order valence-corrected chi connectivity index (χ2v) is 12.9. The average molecular weight is 862 g/mol. The summed E-state index contributed by atoms with van der Waals surface area (Å²) in [5, 5.41) is 18.4. The Kier molecular flexibility index (Phi) is 15.7. The highest BCUT2D eigenvalue weighted by atomic mass is 79.9. The summed E-state index contributed by atoms with van der Waals surface area (Å²) in [5.74, 6) is -6.42. The van der Waals surface area contributed by atoms with Gasteiger partial charge >= 0.3 is 0 Å². The topological polar surface area (TPSA) is 150 Å². The Morgan fingerprint density at radius 1 is 0.778 bits per heavy atom. The van der Waals surface area contributed by atoms with Crippen molar-refractivity contribution >= 4 is 44.9 Å². The first-order chi connectivity index (χ1) is 25.1. The number of aromatic nitrogens is 10.